The lowest BCUT2D eigenvalue weighted by molar-refractivity contribution is 0.643. The third-order valence-electron chi connectivity index (χ3n) is 3.19. The lowest BCUT2D eigenvalue weighted by Crippen LogP contribution is -2.46. The molecule has 0 radical (unpaired) electrons. The van der Waals surface area contributed by atoms with Crippen molar-refractivity contribution in [1.29, 1.82) is 0 Å². The molecule has 0 aromatic carbocycles. The van der Waals surface area contributed by atoms with Crippen molar-refractivity contribution in [1.82, 2.24) is 15.2 Å². The maximum absolute atomic E-state index is 4.15. The Morgan fingerprint density at radius 3 is 2.22 bits per heavy atom. The van der Waals surface area contributed by atoms with Crippen molar-refractivity contribution in [3.05, 3.63) is 42.9 Å². The molecule has 2 aromatic heterocycles. The van der Waals surface area contributed by atoms with Gasteiger partial charge in [0.1, 0.15) is 0 Å². The summed E-state index contributed by atoms with van der Waals surface area (Å²) in [6, 6.07) is 8.04. The smallest absolute Gasteiger partial charge is 0.151 e. The molecule has 1 aliphatic rings. The van der Waals surface area contributed by atoms with Gasteiger partial charge < -0.3 is 9.80 Å². The van der Waals surface area contributed by atoms with E-state index >= 15 is 0 Å². The Hall–Kier alpha value is -2.17. The molecular weight excluding hydrogens is 226 g/mol. The quantitative estimate of drug-likeness (QED) is 0.790. The molecule has 0 amide bonds. The second-order valence-corrected chi connectivity index (χ2v) is 4.26. The minimum absolute atomic E-state index is 0.965. The molecule has 92 valence electrons. The Labute approximate surface area is 106 Å². The zero-order chi connectivity index (χ0) is 12.2. The van der Waals surface area contributed by atoms with E-state index in [1.165, 1.54) is 5.69 Å². The first-order valence-corrected chi connectivity index (χ1v) is 6.11. The van der Waals surface area contributed by atoms with Gasteiger partial charge in [-0.3, -0.25) is 4.98 Å². The van der Waals surface area contributed by atoms with Crippen LogP contribution in [0, 0.1) is 0 Å². The van der Waals surface area contributed by atoms with Gasteiger partial charge in [-0.2, -0.15) is 5.10 Å². The maximum atomic E-state index is 4.15. The van der Waals surface area contributed by atoms with Crippen molar-refractivity contribution >= 4 is 11.5 Å². The molecule has 0 bridgehead atoms. The van der Waals surface area contributed by atoms with Crippen LogP contribution < -0.4 is 9.80 Å². The first-order valence-electron chi connectivity index (χ1n) is 6.11. The molecule has 18 heavy (non-hydrogen) atoms. The Balaban J connectivity index is 1.65. The summed E-state index contributed by atoms with van der Waals surface area (Å²) in [5.74, 6) is 0.965. The van der Waals surface area contributed by atoms with Gasteiger partial charge in [0.2, 0.25) is 0 Å². The van der Waals surface area contributed by atoms with Gasteiger partial charge in [0.15, 0.2) is 5.82 Å². The van der Waals surface area contributed by atoms with Crippen LogP contribution in [0.3, 0.4) is 0 Å². The average molecular weight is 241 g/mol. The Morgan fingerprint density at radius 1 is 0.833 bits per heavy atom. The summed E-state index contributed by atoms with van der Waals surface area (Å²) in [4.78, 5) is 8.69. The van der Waals surface area contributed by atoms with Gasteiger partial charge in [0.05, 0.1) is 0 Å². The molecule has 0 spiro atoms. The standard InChI is InChI=1S/C13H15N5/c1-2-13(16-15-5-1)18-10-8-17(9-11-18)12-3-6-14-7-4-12/h1-7H,8-11H2. The zero-order valence-corrected chi connectivity index (χ0v) is 10.1. The largest absolute Gasteiger partial charge is 0.368 e. The van der Waals surface area contributed by atoms with Crippen LogP contribution in [0.15, 0.2) is 42.9 Å². The summed E-state index contributed by atoms with van der Waals surface area (Å²) in [5.41, 5.74) is 1.24. The molecule has 1 fully saturated rings. The first-order chi connectivity index (χ1) is 8.93. The molecule has 5 heteroatoms. The topological polar surface area (TPSA) is 45.2 Å². The summed E-state index contributed by atoms with van der Waals surface area (Å²) in [6.07, 6.45) is 5.38. The molecule has 3 rings (SSSR count). The number of piperazine rings is 1. The van der Waals surface area contributed by atoms with E-state index in [9.17, 15) is 0 Å². The Bertz CT molecular complexity index is 432. The molecule has 1 saturated heterocycles. The van der Waals surface area contributed by atoms with Crippen LogP contribution in [0.5, 0.6) is 0 Å². The van der Waals surface area contributed by atoms with Gasteiger partial charge in [0.25, 0.3) is 0 Å². The van der Waals surface area contributed by atoms with Crippen LogP contribution in [-0.4, -0.2) is 41.4 Å². The first kappa shape index (κ1) is 11.0. The summed E-state index contributed by atoms with van der Waals surface area (Å²) < 4.78 is 0. The normalized spacial score (nSPS) is 15.8. The Morgan fingerprint density at radius 2 is 1.56 bits per heavy atom. The van der Waals surface area contributed by atoms with Crippen molar-refractivity contribution in [2.75, 3.05) is 36.0 Å². The van der Waals surface area contributed by atoms with E-state index in [1.807, 2.05) is 24.5 Å². The summed E-state index contributed by atoms with van der Waals surface area (Å²) in [7, 11) is 0. The number of nitrogens with zero attached hydrogens (tertiary/aromatic N) is 5. The summed E-state index contributed by atoms with van der Waals surface area (Å²) in [5, 5.41) is 8.07. The molecule has 0 aliphatic carbocycles. The van der Waals surface area contributed by atoms with Gasteiger partial charge in [0, 0.05) is 50.5 Å². The molecule has 3 heterocycles. The SMILES string of the molecule is c1cnnc(N2CCN(c3ccncc3)CC2)c1. The number of anilines is 2. The van der Waals surface area contributed by atoms with E-state index < -0.39 is 0 Å². The molecular formula is C13H15N5. The number of rotatable bonds is 2. The molecule has 0 N–H and O–H groups in total. The van der Waals surface area contributed by atoms with Crippen molar-refractivity contribution in [3.63, 3.8) is 0 Å². The lowest BCUT2D eigenvalue weighted by Gasteiger charge is -2.36. The number of aromatic nitrogens is 3. The van der Waals surface area contributed by atoms with E-state index in [0.717, 1.165) is 32.0 Å². The predicted molar refractivity (Wildman–Crippen MR) is 70.7 cm³/mol. The van der Waals surface area contributed by atoms with Crippen molar-refractivity contribution < 1.29 is 0 Å². The summed E-state index contributed by atoms with van der Waals surface area (Å²) >= 11 is 0. The van der Waals surface area contributed by atoms with Gasteiger partial charge >= 0.3 is 0 Å². The number of hydrogen-bond donors (Lipinski definition) is 0. The highest BCUT2D eigenvalue weighted by Crippen LogP contribution is 2.17. The fourth-order valence-electron chi connectivity index (χ4n) is 2.21. The van der Waals surface area contributed by atoms with Crippen LogP contribution in [0.1, 0.15) is 0 Å². The van der Waals surface area contributed by atoms with E-state index in [1.54, 1.807) is 6.20 Å². The van der Waals surface area contributed by atoms with Gasteiger partial charge in [-0.1, -0.05) is 0 Å². The van der Waals surface area contributed by atoms with Gasteiger partial charge in [-0.15, -0.1) is 5.10 Å². The second-order valence-electron chi connectivity index (χ2n) is 4.26. The highest BCUT2D eigenvalue weighted by atomic mass is 15.3. The van der Waals surface area contributed by atoms with Crippen LogP contribution in [-0.2, 0) is 0 Å². The van der Waals surface area contributed by atoms with E-state index in [4.69, 9.17) is 0 Å². The van der Waals surface area contributed by atoms with E-state index in [-0.39, 0.29) is 0 Å². The highest BCUT2D eigenvalue weighted by Gasteiger charge is 2.18. The second kappa shape index (κ2) is 5.00. The molecule has 5 nitrogen and oxygen atoms in total. The Kier molecular flexibility index (Phi) is 3.04. The van der Waals surface area contributed by atoms with E-state index in [0.29, 0.717) is 0 Å². The maximum Gasteiger partial charge on any atom is 0.151 e. The van der Waals surface area contributed by atoms with Crippen molar-refractivity contribution in [2.24, 2.45) is 0 Å². The predicted octanol–water partition coefficient (Wildman–Crippen LogP) is 1.20. The third-order valence-corrected chi connectivity index (χ3v) is 3.19. The van der Waals surface area contributed by atoms with Crippen LogP contribution >= 0.6 is 0 Å². The molecule has 2 aromatic rings. The molecule has 0 atom stereocenters. The fraction of sp³-hybridized carbons (Fsp3) is 0.308. The van der Waals surface area contributed by atoms with Gasteiger partial charge in [-0.05, 0) is 24.3 Å². The molecule has 1 aliphatic heterocycles. The fourth-order valence-corrected chi connectivity index (χ4v) is 2.21. The van der Waals surface area contributed by atoms with Gasteiger partial charge in [-0.25, -0.2) is 0 Å². The van der Waals surface area contributed by atoms with E-state index in [2.05, 4.69) is 37.1 Å². The molecule has 0 unspecified atom stereocenters. The average Bonchev–Trinajstić information content (AvgIpc) is 2.49. The monoisotopic (exact) mass is 241 g/mol. The minimum atomic E-state index is 0.965. The highest BCUT2D eigenvalue weighted by molar-refractivity contribution is 5.47. The van der Waals surface area contributed by atoms with Crippen molar-refractivity contribution in [3.8, 4) is 0 Å². The number of pyridine rings is 1. The van der Waals surface area contributed by atoms with Crippen LogP contribution in [0.4, 0.5) is 11.5 Å². The molecule has 0 saturated carbocycles. The van der Waals surface area contributed by atoms with Crippen LogP contribution in [0.2, 0.25) is 0 Å². The summed E-state index contributed by atoms with van der Waals surface area (Å²) in [6.45, 7) is 3.95. The lowest BCUT2D eigenvalue weighted by atomic mass is 10.2. The minimum Gasteiger partial charge on any atom is -0.368 e. The van der Waals surface area contributed by atoms with Crippen molar-refractivity contribution in [2.45, 2.75) is 0 Å². The third kappa shape index (κ3) is 2.25. The number of hydrogen-bond acceptors (Lipinski definition) is 5. The van der Waals surface area contributed by atoms with Crippen LogP contribution in [0.25, 0.3) is 0 Å². The zero-order valence-electron chi connectivity index (χ0n) is 10.1.